The number of benzene rings is 2. The average molecular weight is 261 g/mol. The molecule has 0 amide bonds. The molecule has 0 saturated heterocycles. The normalized spacial score (nSPS) is 16.1. The van der Waals surface area contributed by atoms with Gasteiger partial charge in [-0.15, -0.1) is 0 Å². The van der Waals surface area contributed by atoms with Crippen molar-refractivity contribution in [1.82, 2.24) is 4.72 Å². The van der Waals surface area contributed by atoms with Crippen LogP contribution in [0.3, 0.4) is 0 Å². The standard InChI is InChI=1S/C14H15NO2S/c1-10-6-9-14(13-5-3-2-4-12(10)13)18(16,17)15-11-7-8-11/h2-6,9,11,15H,7-8H2,1H3. The maximum absolute atomic E-state index is 12.3. The van der Waals surface area contributed by atoms with Gasteiger partial charge in [-0.25, -0.2) is 13.1 Å². The topological polar surface area (TPSA) is 46.2 Å². The van der Waals surface area contributed by atoms with Crippen molar-refractivity contribution in [2.24, 2.45) is 0 Å². The van der Waals surface area contributed by atoms with Gasteiger partial charge in [0, 0.05) is 11.4 Å². The van der Waals surface area contributed by atoms with E-state index in [1.807, 2.05) is 37.3 Å². The maximum Gasteiger partial charge on any atom is 0.241 e. The van der Waals surface area contributed by atoms with E-state index in [0.29, 0.717) is 4.90 Å². The van der Waals surface area contributed by atoms with Gasteiger partial charge >= 0.3 is 0 Å². The van der Waals surface area contributed by atoms with Crippen molar-refractivity contribution < 1.29 is 8.42 Å². The first kappa shape index (κ1) is 11.7. The lowest BCUT2D eigenvalue weighted by molar-refractivity contribution is 0.582. The van der Waals surface area contributed by atoms with E-state index >= 15 is 0 Å². The minimum absolute atomic E-state index is 0.134. The van der Waals surface area contributed by atoms with Crippen molar-refractivity contribution in [2.75, 3.05) is 0 Å². The van der Waals surface area contributed by atoms with E-state index in [4.69, 9.17) is 0 Å². The molecule has 0 heterocycles. The molecule has 0 unspecified atom stereocenters. The van der Waals surface area contributed by atoms with Crippen molar-refractivity contribution in [3.63, 3.8) is 0 Å². The summed E-state index contributed by atoms with van der Waals surface area (Å²) in [6.45, 7) is 1.99. The van der Waals surface area contributed by atoms with Gasteiger partial charge in [0.25, 0.3) is 0 Å². The van der Waals surface area contributed by atoms with Crippen LogP contribution in [0.15, 0.2) is 41.3 Å². The molecule has 1 aliphatic carbocycles. The zero-order chi connectivity index (χ0) is 12.8. The van der Waals surface area contributed by atoms with E-state index in [2.05, 4.69) is 4.72 Å². The summed E-state index contributed by atoms with van der Waals surface area (Å²) >= 11 is 0. The van der Waals surface area contributed by atoms with Crippen molar-refractivity contribution in [3.05, 3.63) is 42.0 Å². The lowest BCUT2D eigenvalue weighted by atomic mass is 10.1. The van der Waals surface area contributed by atoms with Crippen molar-refractivity contribution in [2.45, 2.75) is 30.7 Å². The van der Waals surface area contributed by atoms with E-state index in [9.17, 15) is 8.42 Å². The Bertz CT molecular complexity index is 703. The predicted molar refractivity (Wildman–Crippen MR) is 72.0 cm³/mol. The average Bonchev–Trinajstić information content (AvgIpc) is 3.12. The molecule has 0 bridgehead atoms. The largest absolute Gasteiger partial charge is 0.241 e. The molecular weight excluding hydrogens is 246 g/mol. The van der Waals surface area contributed by atoms with E-state index < -0.39 is 10.0 Å². The monoisotopic (exact) mass is 261 g/mol. The molecular formula is C14H15NO2S. The molecule has 4 heteroatoms. The minimum atomic E-state index is -3.39. The van der Waals surface area contributed by atoms with Gasteiger partial charge in [0.2, 0.25) is 10.0 Å². The summed E-state index contributed by atoms with van der Waals surface area (Å²) in [5.74, 6) is 0. The number of hydrogen-bond acceptors (Lipinski definition) is 2. The molecule has 94 valence electrons. The first-order valence-electron chi connectivity index (χ1n) is 6.08. The van der Waals surface area contributed by atoms with Gasteiger partial charge < -0.3 is 0 Å². The summed E-state index contributed by atoms with van der Waals surface area (Å²) in [5.41, 5.74) is 1.09. The van der Waals surface area contributed by atoms with E-state index in [-0.39, 0.29) is 6.04 Å². The minimum Gasteiger partial charge on any atom is -0.208 e. The lowest BCUT2D eigenvalue weighted by Gasteiger charge is -2.10. The van der Waals surface area contributed by atoms with Crippen molar-refractivity contribution in [1.29, 1.82) is 0 Å². The number of nitrogens with one attached hydrogen (secondary N) is 1. The number of rotatable bonds is 3. The van der Waals surface area contributed by atoms with Crippen molar-refractivity contribution in [3.8, 4) is 0 Å². The highest BCUT2D eigenvalue weighted by atomic mass is 32.2. The number of hydrogen-bond donors (Lipinski definition) is 1. The summed E-state index contributed by atoms with van der Waals surface area (Å²) in [6.07, 6.45) is 1.89. The second kappa shape index (κ2) is 4.07. The highest BCUT2D eigenvalue weighted by molar-refractivity contribution is 7.89. The summed E-state index contributed by atoms with van der Waals surface area (Å²) in [5, 5.41) is 1.79. The first-order chi connectivity index (χ1) is 8.58. The Kier molecular flexibility index (Phi) is 2.64. The van der Waals surface area contributed by atoms with Gasteiger partial charge in [0.05, 0.1) is 4.90 Å². The smallest absolute Gasteiger partial charge is 0.208 e. The second-order valence-corrected chi connectivity index (χ2v) is 6.50. The van der Waals surface area contributed by atoms with Crippen molar-refractivity contribution >= 4 is 20.8 Å². The Morgan fingerprint density at radius 2 is 1.72 bits per heavy atom. The van der Waals surface area contributed by atoms with Gasteiger partial charge in [0.15, 0.2) is 0 Å². The molecule has 2 aromatic carbocycles. The fourth-order valence-corrected chi connectivity index (χ4v) is 3.66. The molecule has 0 atom stereocenters. The summed E-state index contributed by atoms with van der Waals surface area (Å²) in [7, 11) is -3.39. The Labute approximate surface area is 107 Å². The summed E-state index contributed by atoms with van der Waals surface area (Å²) in [4.78, 5) is 0.385. The van der Waals surface area contributed by atoms with Gasteiger partial charge in [0.1, 0.15) is 0 Å². The van der Waals surface area contributed by atoms with Crippen LogP contribution in [0.25, 0.3) is 10.8 Å². The van der Waals surface area contributed by atoms with Gasteiger partial charge in [-0.3, -0.25) is 0 Å². The van der Waals surface area contributed by atoms with Crippen LogP contribution >= 0.6 is 0 Å². The van der Waals surface area contributed by atoms with Crippen LogP contribution in [-0.4, -0.2) is 14.5 Å². The number of fused-ring (bicyclic) bond motifs is 1. The van der Waals surface area contributed by atoms with Gasteiger partial charge in [-0.05, 0) is 36.8 Å². The molecule has 2 aromatic rings. The lowest BCUT2D eigenvalue weighted by Crippen LogP contribution is -2.25. The molecule has 0 spiro atoms. The third-order valence-electron chi connectivity index (χ3n) is 3.29. The van der Waals surface area contributed by atoms with E-state index in [1.54, 1.807) is 6.07 Å². The summed E-state index contributed by atoms with van der Waals surface area (Å²) < 4.78 is 27.3. The number of sulfonamides is 1. The Morgan fingerprint density at radius 1 is 1.06 bits per heavy atom. The molecule has 1 fully saturated rings. The molecule has 1 N–H and O–H groups in total. The highest BCUT2D eigenvalue weighted by Gasteiger charge is 2.28. The molecule has 0 aromatic heterocycles. The van der Waals surface area contributed by atoms with Crippen LogP contribution in [-0.2, 0) is 10.0 Å². The third-order valence-corrected chi connectivity index (χ3v) is 4.87. The Balaban J connectivity index is 2.20. The highest BCUT2D eigenvalue weighted by Crippen LogP contribution is 2.28. The van der Waals surface area contributed by atoms with Gasteiger partial charge in [-0.1, -0.05) is 30.3 Å². The van der Waals surface area contributed by atoms with Crippen LogP contribution in [0.5, 0.6) is 0 Å². The fourth-order valence-electron chi connectivity index (χ4n) is 2.14. The second-order valence-electron chi connectivity index (χ2n) is 4.82. The quantitative estimate of drug-likeness (QED) is 0.923. The number of aryl methyl sites for hydroxylation is 1. The summed E-state index contributed by atoms with van der Waals surface area (Å²) in [6, 6.07) is 11.3. The predicted octanol–water partition coefficient (Wildman–Crippen LogP) is 2.59. The Hall–Kier alpha value is -1.39. The first-order valence-corrected chi connectivity index (χ1v) is 7.57. The third kappa shape index (κ3) is 2.02. The van der Waals surface area contributed by atoms with Crippen LogP contribution in [0.4, 0.5) is 0 Å². The zero-order valence-corrected chi connectivity index (χ0v) is 11.0. The van der Waals surface area contributed by atoms with Crippen LogP contribution in [0, 0.1) is 6.92 Å². The molecule has 0 aliphatic heterocycles. The molecule has 0 radical (unpaired) electrons. The van der Waals surface area contributed by atoms with Crippen LogP contribution < -0.4 is 4.72 Å². The molecule has 1 saturated carbocycles. The van der Waals surface area contributed by atoms with Crippen LogP contribution in [0.1, 0.15) is 18.4 Å². The fraction of sp³-hybridized carbons (Fsp3) is 0.286. The molecule has 18 heavy (non-hydrogen) atoms. The molecule has 1 aliphatic rings. The van der Waals surface area contributed by atoms with E-state index in [0.717, 1.165) is 29.2 Å². The van der Waals surface area contributed by atoms with E-state index in [1.165, 1.54) is 0 Å². The Morgan fingerprint density at radius 3 is 2.39 bits per heavy atom. The maximum atomic E-state index is 12.3. The van der Waals surface area contributed by atoms with Crippen LogP contribution in [0.2, 0.25) is 0 Å². The SMILES string of the molecule is Cc1ccc(S(=O)(=O)NC2CC2)c2ccccc12. The zero-order valence-electron chi connectivity index (χ0n) is 10.2. The molecule has 3 nitrogen and oxygen atoms in total. The van der Waals surface area contributed by atoms with Gasteiger partial charge in [-0.2, -0.15) is 0 Å². The molecule has 3 rings (SSSR count).